The Labute approximate surface area is 137 Å². The van der Waals surface area contributed by atoms with Crippen LogP contribution in [0, 0.1) is 0 Å². The highest BCUT2D eigenvalue weighted by molar-refractivity contribution is 5.93. The van der Waals surface area contributed by atoms with Crippen molar-refractivity contribution in [2.45, 2.75) is 12.2 Å². The van der Waals surface area contributed by atoms with Crippen LogP contribution >= 0.6 is 0 Å². The van der Waals surface area contributed by atoms with Crippen LogP contribution in [0.1, 0.15) is 20.7 Å². The fourth-order valence-electron chi connectivity index (χ4n) is 2.24. The number of hydrogen-bond acceptors (Lipinski definition) is 6. The summed E-state index contributed by atoms with van der Waals surface area (Å²) in [6.45, 7) is -0.149. The first-order chi connectivity index (χ1) is 11.6. The largest absolute Gasteiger partial charge is 0.459 e. The molecule has 0 N–H and O–H groups in total. The Bertz CT molecular complexity index is 741. The Hall–Kier alpha value is -3.15. The quantitative estimate of drug-likeness (QED) is 0.631. The molecule has 1 aliphatic rings. The standard InChI is InChI=1S/C18H14O6/c19-16(12-7-3-1-4-8-12)23-14-11-22-18(21)15(14)24-17(20)13-9-5-2-6-10-13/h1-10,14-15H,11H2/t14-,15-/m1/s1. The number of carbonyl (C=O) groups excluding carboxylic acids is 3. The second-order valence-corrected chi connectivity index (χ2v) is 5.13. The zero-order valence-corrected chi connectivity index (χ0v) is 12.6. The van der Waals surface area contributed by atoms with Crippen LogP contribution in [0.5, 0.6) is 0 Å². The molecule has 24 heavy (non-hydrogen) atoms. The van der Waals surface area contributed by atoms with Gasteiger partial charge in [-0.1, -0.05) is 36.4 Å². The summed E-state index contributed by atoms with van der Waals surface area (Å²) in [6, 6.07) is 16.6. The first-order valence-corrected chi connectivity index (χ1v) is 7.34. The number of carbonyl (C=O) groups is 3. The number of ether oxygens (including phenoxy) is 3. The van der Waals surface area contributed by atoms with E-state index in [1.54, 1.807) is 60.7 Å². The van der Waals surface area contributed by atoms with Crippen molar-refractivity contribution >= 4 is 17.9 Å². The molecule has 0 amide bonds. The predicted molar refractivity (Wildman–Crippen MR) is 82.3 cm³/mol. The number of cyclic esters (lactones) is 1. The third kappa shape index (κ3) is 3.43. The zero-order chi connectivity index (χ0) is 16.9. The molecule has 0 saturated carbocycles. The molecule has 1 heterocycles. The molecule has 1 fully saturated rings. The Morgan fingerprint density at radius 1 is 0.833 bits per heavy atom. The minimum Gasteiger partial charge on any atom is -0.459 e. The fraction of sp³-hybridized carbons (Fsp3) is 0.167. The van der Waals surface area contributed by atoms with Crippen molar-refractivity contribution in [2.75, 3.05) is 6.61 Å². The van der Waals surface area contributed by atoms with E-state index < -0.39 is 30.1 Å². The van der Waals surface area contributed by atoms with Gasteiger partial charge in [0.15, 0.2) is 6.10 Å². The molecule has 0 bridgehead atoms. The molecule has 0 unspecified atom stereocenters. The van der Waals surface area contributed by atoms with Crippen molar-refractivity contribution in [1.82, 2.24) is 0 Å². The minimum absolute atomic E-state index is 0.149. The van der Waals surface area contributed by atoms with E-state index in [9.17, 15) is 14.4 Å². The molecule has 3 rings (SSSR count). The van der Waals surface area contributed by atoms with Crippen LogP contribution in [0.2, 0.25) is 0 Å². The molecule has 6 heteroatoms. The average molecular weight is 326 g/mol. The summed E-state index contributed by atoms with van der Waals surface area (Å²) in [5.41, 5.74) is 0.635. The maximum atomic E-state index is 12.1. The van der Waals surface area contributed by atoms with Crippen LogP contribution in [0.4, 0.5) is 0 Å². The van der Waals surface area contributed by atoms with Gasteiger partial charge < -0.3 is 14.2 Å². The van der Waals surface area contributed by atoms with Gasteiger partial charge in [-0.2, -0.15) is 0 Å². The predicted octanol–water partition coefficient (Wildman–Crippen LogP) is 1.99. The third-order valence-electron chi connectivity index (χ3n) is 3.47. The van der Waals surface area contributed by atoms with E-state index >= 15 is 0 Å². The van der Waals surface area contributed by atoms with Gasteiger partial charge in [0.2, 0.25) is 6.10 Å². The highest BCUT2D eigenvalue weighted by atomic mass is 16.6. The molecule has 2 aromatic rings. The first-order valence-electron chi connectivity index (χ1n) is 7.34. The molecule has 6 nitrogen and oxygen atoms in total. The Morgan fingerprint density at radius 3 is 1.88 bits per heavy atom. The summed E-state index contributed by atoms with van der Waals surface area (Å²) in [5.74, 6) is -2.02. The molecule has 2 atom stereocenters. The monoisotopic (exact) mass is 326 g/mol. The van der Waals surface area contributed by atoms with E-state index in [1.807, 2.05) is 0 Å². The molecule has 1 saturated heterocycles. The lowest BCUT2D eigenvalue weighted by molar-refractivity contribution is -0.145. The van der Waals surface area contributed by atoms with Gasteiger partial charge in [0.1, 0.15) is 6.61 Å². The fourth-order valence-corrected chi connectivity index (χ4v) is 2.24. The lowest BCUT2D eigenvalue weighted by Gasteiger charge is -2.16. The highest BCUT2D eigenvalue weighted by Gasteiger charge is 2.43. The average Bonchev–Trinajstić information content (AvgIpc) is 2.96. The number of rotatable bonds is 4. The second kappa shape index (κ2) is 6.95. The van der Waals surface area contributed by atoms with E-state index in [2.05, 4.69) is 0 Å². The van der Waals surface area contributed by atoms with E-state index in [0.29, 0.717) is 11.1 Å². The van der Waals surface area contributed by atoms with Crippen molar-refractivity contribution in [3.05, 3.63) is 71.8 Å². The van der Waals surface area contributed by atoms with E-state index in [1.165, 1.54) is 0 Å². The van der Waals surface area contributed by atoms with Crippen molar-refractivity contribution in [2.24, 2.45) is 0 Å². The van der Waals surface area contributed by atoms with E-state index in [-0.39, 0.29) is 6.61 Å². The van der Waals surface area contributed by atoms with Crippen LogP contribution < -0.4 is 0 Å². The number of hydrogen-bond donors (Lipinski definition) is 0. The third-order valence-corrected chi connectivity index (χ3v) is 3.47. The van der Waals surface area contributed by atoms with Gasteiger partial charge in [0, 0.05) is 0 Å². The molecule has 0 aromatic heterocycles. The maximum absolute atomic E-state index is 12.1. The molecule has 0 radical (unpaired) electrons. The van der Waals surface area contributed by atoms with Gasteiger partial charge in [-0.15, -0.1) is 0 Å². The Kier molecular flexibility index (Phi) is 4.56. The zero-order valence-electron chi connectivity index (χ0n) is 12.6. The van der Waals surface area contributed by atoms with Gasteiger partial charge in [-0.05, 0) is 24.3 Å². The summed E-state index contributed by atoms with van der Waals surface area (Å²) in [6.07, 6.45) is -2.25. The SMILES string of the molecule is O=C(O[C@@H]1COC(=O)[C@@H]1OC(=O)c1ccccc1)c1ccccc1. The summed E-state index contributed by atoms with van der Waals surface area (Å²) < 4.78 is 15.3. The van der Waals surface area contributed by atoms with Gasteiger partial charge in [-0.3, -0.25) is 0 Å². The van der Waals surface area contributed by atoms with Gasteiger partial charge in [-0.25, -0.2) is 14.4 Å². The molecular formula is C18H14O6. The highest BCUT2D eigenvalue weighted by Crippen LogP contribution is 2.19. The van der Waals surface area contributed by atoms with Crippen LogP contribution in [0.3, 0.4) is 0 Å². The van der Waals surface area contributed by atoms with Gasteiger partial charge >= 0.3 is 17.9 Å². The Balaban J connectivity index is 1.68. The van der Waals surface area contributed by atoms with Crippen molar-refractivity contribution in [1.29, 1.82) is 0 Å². The topological polar surface area (TPSA) is 78.9 Å². The molecule has 2 aromatic carbocycles. The summed E-state index contributed by atoms with van der Waals surface area (Å²) >= 11 is 0. The van der Waals surface area contributed by atoms with Gasteiger partial charge in [0.05, 0.1) is 11.1 Å². The van der Waals surface area contributed by atoms with Crippen molar-refractivity contribution < 1.29 is 28.6 Å². The minimum atomic E-state index is -1.27. The molecule has 0 spiro atoms. The lowest BCUT2D eigenvalue weighted by atomic mass is 10.2. The van der Waals surface area contributed by atoms with E-state index in [4.69, 9.17) is 14.2 Å². The molecular weight excluding hydrogens is 312 g/mol. The smallest absolute Gasteiger partial charge is 0.351 e. The maximum Gasteiger partial charge on any atom is 0.351 e. The molecule has 122 valence electrons. The van der Waals surface area contributed by atoms with Crippen LogP contribution in [0.15, 0.2) is 60.7 Å². The summed E-state index contributed by atoms with van der Waals surface area (Å²) in [7, 11) is 0. The van der Waals surface area contributed by atoms with E-state index in [0.717, 1.165) is 0 Å². The number of benzene rings is 2. The lowest BCUT2D eigenvalue weighted by Crippen LogP contribution is -2.36. The van der Waals surface area contributed by atoms with Crippen LogP contribution in [0.25, 0.3) is 0 Å². The second-order valence-electron chi connectivity index (χ2n) is 5.13. The van der Waals surface area contributed by atoms with Crippen molar-refractivity contribution in [3.63, 3.8) is 0 Å². The van der Waals surface area contributed by atoms with Crippen molar-refractivity contribution in [3.8, 4) is 0 Å². The van der Waals surface area contributed by atoms with Crippen LogP contribution in [-0.2, 0) is 19.0 Å². The Morgan fingerprint density at radius 2 is 1.33 bits per heavy atom. The van der Waals surface area contributed by atoms with Gasteiger partial charge in [0.25, 0.3) is 0 Å². The summed E-state index contributed by atoms with van der Waals surface area (Å²) in [4.78, 5) is 35.9. The normalized spacial score (nSPS) is 19.4. The number of esters is 3. The molecule has 0 aliphatic carbocycles. The van der Waals surface area contributed by atoms with Crippen LogP contribution in [-0.4, -0.2) is 36.7 Å². The first kappa shape index (κ1) is 15.7. The molecule has 1 aliphatic heterocycles. The summed E-state index contributed by atoms with van der Waals surface area (Å²) in [5, 5.41) is 0.